The third-order valence-electron chi connectivity index (χ3n) is 7.42. The first-order valence-electron chi connectivity index (χ1n) is 11.2. The molecule has 0 radical (unpaired) electrons. The van der Waals surface area contributed by atoms with E-state index in [9.17, 15) is 9.59 Å². The molecule has 1 aromatic carbocycles. The lowest BCUT2D eigenvalue weighted by atomic mass is 9.49. The van der Waals surface area contributed by atoms with E-state index in [0.29, 0.717) is 13.1 Å². The summed E-state index contributed by atoms with van der Waals surface area (Å²) in [5.74, 6) is 2.14. The molecule has 4 aliphatic carbocycles. The molecule has 30 heavy (non-hydrogen) atoms. The molecule has 6 nitrogen and oxygen atoms in total. The molecule has 0 unspecified atom stereocenters. The van der Waals surface area contributed by atoms with Crippen LogP contribution in [0.4, 0.5) is 0 Å². The lowest BCUT2D eigenvalue weighted by Gasteiger charge is -2.55. The van der Waals surface area contributed by atoms with Crippen LogP contribution < -0.4 is 10.6 Å². The van der Waals surface area contributed by atoms with Crippen molar-refractivity contribution in [1.82, 2.24) is 20.4 Å². The summed E-state index contributed by atoms with van der Waals surface area (Å²) >= 11 is 0. The van der Waals surface area contributed by atoms with Gasteiger partial charge in [-0.3, -0.25) is 14.3 Å². The number of hydrogen-bond donors (Lipinski definition) is 2. The van der Waals surface area contributed by atoms with Crippen molar-refractivity contribution in [3.63, 3.8) is 0 Å². The Labute approximate surface area is 177 Å². The average molecular weight is 407 g/mol. The predicted molar refractivity (Wildman–Crippen MR) is 113 cm³/mol. The van der Waals surface area contributed by atoms with Gasteiger partial charge in [-0.15, -0.1) is 0 Å². The highest BCUT2D eigenvalue weighted by molar-refractivity contribution is 5.88. The summed E-state index contributed by atoms with van der Waals surface area (Å²) in [4.78, 5) is 25.4. The van der Waals surface area contributed by atoms with E-state index in [0.717, 1.165) is 48.1 Å². The molecule has 4 aliphatic rings. The lowest BCUT2D eigenvalue weighted by molar-refractivity contribution is -0.147. The van der Waals surface area contributed by atoms with E-state index < -0.39 is 0 Å². The van der Waals surface area contributed by atoms with Gasteiger partial charge < -0.3 is 10.6 Å². The van der Waals surface area contributed by atoms with E-state index in [1.165, 1.54) is 19.3 Å². The number of carbonyl (C=O) groups excluding carboxylic acids is 2. The second kappa shape index (κ2) is 7.89. The summed E-state index contributed by atoms with van der Waals surface area (Å²) in [6.07, 6.45) is 10.7. The fourth-order valence-corrected chi connectivity index (χ4v) is 6.45. The van der Waals surface area contributed by atoms with Crippen molar-refractivity contribution in [2.75, 3.05) is 6.54 Å². The maximum Gasteiger partial charge on any atom is 0.239 e. The van der Waals surface area contributed by atoms with E-state index in [4.69, 9.17) is 0 Å². The van der Waals surface area contributed by atoms with Crippen molar-refractivity contribution in [2.24, 2.45) is 23.2 Å². The maximum absolute atomic E-state index is 13.0. The van der Waals surface area contributed by atoms with E-state index in [1.807, 2.05) is 35.1 Å². The van der Waals surface area contributed by atoms with E-state index >= 15 is 0 Å². The van der Waals surface area contributed by atoms with Gasteiger partial charge in [0.15, 0.2) is 0 Å². The van der Waals surface area contributed by atoms with Crippen LogP contribution in [0.15, 0.2) is 42.7 Å². The fourth-order valence-electron chi connectivity index (χ4n) is 6.45. The molecule has 0 spiro atoms. The second-order valence-electron chi connectivity index (χ2n) is 9.63. The molecule has 1 heterocycles. The van der Waals surface area contributed by atoms with Crippen LogP contribution in [-0.4, -0.2) is 28.1 Å². The smallest absolute Gasteiger partial charge is 0.239 e. The normalized spacial score (nSPS) is 29.0. The Hall–Kier alpha value is -2.63. The van der Waals surface area contributed by atoms with Crippen LogP contribution in [0.1, 0.15) is 49.7 Å². The van der Waals surface area contributed by atoms with E-state index in [-0.39, 0.29) is 23.8 Å². The van der Waals surface area contributed by atoms with Gasteiger partial charge >= 0.3 is 0 Å². The Morgan fingerprint density at radius 2 is 1.63 bits per heavy atom. The summed E-state index contributed by atoms with van der Waals surface area (Å²) in [6.45, 7) is 1.17. The average Bonchev–Trinajstić information content (AvgIpc) is 3.23. The van der Waals surface area contributed by atoms with Gasteiger partial charge in [0.05, 0.1) is 13.1 Å². The van der Waals surface area contributed by atoms with Gasteiger partial charge in [0.2, 0.25) is 11.8 Å². The number of rotatable bonds is 7. The van der Waals surface area contributed by atoms with Gasteiger partial charge in [-0.25, -0.2) is 0 Å². The zero-order chi connectivity index (χ0) is 20.6. The Morgan fingerprint density at radius 3 is 2.27 bits per heavy atom. The Morgan fingerprint density at radius 1 is 0.967 bits per heavy atom. The van der Waals surface area contributed by atoms with Crippen LogP contribution in [0.5, 0.6) is 0 Å². The molecule has 6 heteroatoms. The highest BCUT2D eigenvalue weighted by atomic mass is 16.2. The van der Waals surface area contributed by atoms with Gasteiger partial charge in [-0.1, -0.05) is 24.3 Å². The first kappa shape index (κ1) is 19.3. The van der Waals surface area contributed by atoms with Crippen molar-refractivity contribution in [2.45, 2.75) is 51.6 Å². The third-order valence-corrected chi connectivity index (χ3v) is 7.42. The van der Waals surface area contributed by atoms with Crippen LogP contribution in [0.25, 0.3) is 0 Å². The van der Waals surface area contributed by atoms with Gasteiger partial charge in [0, 0.05) is 24.4 Å². The molecule has 0 saturated heterocycles. The first-order chi connectivity index (χ1) is 14.6. The molecule has 2 N–H and O–H groups in total. The van der Waals surface area contributed by atoms with Crippen molar-refractivity contribution in [3.8, 4) is 0 Å². The van der Waals surface area contributed by atoms with Crippen molar-refractivity contribution in [3.05, 3.63) is 53.9 Å². The number of benzene rings is 1. The monoisotopic (exact) mass is 406 g/mol. The third kappa shape index (κ3) is 3.87. The standard InChI is InChI=1S/C24H30N4O2/c29-22(25-14-20-4-1-2-5-21(20)16-28-7-3-6-27-28)15-26-23(30)24-11-17-8-18(12-24)10-19(9-17)13-24/h1-7,17-19H,8-16H2,(H,25,29)(H,26,30). The number of aromatic nitrogens is 2. The molecule has 0 aliphatic heterocycles. The van der Waals surface area contributed by atoms with Crippen LogP contribution in [0.3, 0.4) is 0 Å². The molecule has 4 bridgehead atoms. The zero-order valence-corrected chi connectivity index (χ0v) is 17.3. The quantitative estimate of drug-likeness (QED) is 0.742. The van der Waals surface area contributed by atoms with Gasteiger partial charge in [-0.05, 0) is 73.5 Å². The van der Waals surface area contributed by atoms with Gasteiger partial charge in [-0.2, -0.15) is 5.10 Å². The van der Waals surface area contributed by atoms with Crippen LogP contribution in [0.2, 0.25) is 0 Å². The molecule has 2 aromatic rings. The first-order valence-corrected chi connectivity index (χ1v) is 11.2. The summed E-state index contributed by atoms with van der Waals surface area (Å²) in [5.41, 5.74) is 1.98. The number of carbonyl (C=O) groups is 2. The number of amides is 2. The molecule has 2 amide bonds. The number of hydrogen-bond acceptors (Lipinski definition) is 3. The number of nitrogens with one attached hydrogen (secondary N) is 2. The van der Waals surface area contributed by atoms with Crippen LogP contribution in [0, 0.1) is 23.2 Å². The van der Waals surface area contributed by atoms with Crippen molar-refractivity contribution < 1.29 is 9.59 Å². The fraction of sp³-hybridized carbons (Fsp3) is 0.542. The molecular weight excluding hydrogens is 376 g/mol. The minimum absolute atomic E-state index is 0.0574. The Bertz CT molecular complexity index is 886. The zero-order valence-electron chi connectivity index (χ0n) is 17.3. The lowest BCUT2D eigenvalue weighted by Crippen LogP contribution is -2.54. The highest BCUT2D eigenvalue weighted by Gasteiger charge is 2.54. The molecule has 0 atom stereocenters. The van der Waals surface area contributed by atoms with Crippen LogP contribution >= 0.6 is 0 Å². The van der Waals surface area contributed by atoms with E-state index in [1.54, 1.807) is 6.20 Å². The topological polar surface area (TPSA) is 76.0 Å². The molecule has 6 rings (SSSR count). The summed E-state index contributed by atoms with van der Waals surface area (Å²) in [5, 5.41) is 10.2. The SMILES string of the molecule is O=C(CNC(=O)C12CC3CC(CC(C3)C1)C2)NCc1ccccc1Cn1cccn1. The summed E-state index contributed by atoms with van der Waals surface area (Å²) in [6, 6.07) is 9.95. The van der Waals surface area contributed by atoms with Gasteiger partial charge in [0.25, 0.3) is 0 Å². The minimum Gasteiger partial charge on any atom is -0.350 e. The Balaban J connectivity index is 1.14. The van der Waals surface area contributed by atoms with Gasteiger partial charge in [0.1, 0.15) is 0 Å². The predicted octanol–water partition coefficient (Wildman–Crippen LogP) is 2.88. The van der Waals surface area contributed by atoms with Crippen LogP contribution in [-0.2, 0) is 22.7 Å². The van der Waals surface area contributed by atoms with Crippen molar-refractivity contribution >= 4 is 11.8 Å². The molecule has 158 valence electrons. The summed E-state index contributed by atoms with van der Waals surface area (Å²) < 4.78 is 1.87. The summed E-state index contributed by atoms with van der Waals surface area (Å²) in [7, 11) is 0. The number of nitrogens with zero attached hydrogens (tertiary/aromatic N) is 2. The largest absolute Gasteiger partial charge is 0.350 e. The molecule has 4 saturated carbocycles. The Kier molecular flexibility index (Phi) is 5.09. The van der Waals surface area contributed by atoms with Crippen molar-refractivity contribution in [1.29, 1.82) is 0 Å². The maximum atomic E-state index is 13.0. The molecular formula is C24H30N4O2. The van der Waals surface area contributed by atoms with E-state index in [2.05, 4.69) is 21.8 Å². The highest BCUT2D eigenvalue weighted by Crippen LogP contribution is 2.60. The molecule has 4 fully saturated rings. The second-order valence-corrected chi connectivity index (χ2v) is 9.63. The molecule has 1 aromatic heterocycles. The minimum atomic E-state index is -0.203.